The summed E-state index contributed by atoms with van der Waals surface area (Å²) >= 11 is 5.58. The number of benzene rings is 1. The van der Waals surface area contributed by atoms with Crippen LogP contribution in [0.2, 0.25) is 5.02 Å². The second-order valence-corrected chi connectivity index (χ2v) is 4.99. The summed E-state index contributed by atoms with van der Waals surface area (Å²) in [6.07, 6.45) is 0. The van der Waals surface area contributed by atoms with Gasteiger partial charge in [-0.25, -0.2) is 4.39 Å². The molecule has 98 valence electrons. The Hall–Kier alpha value is -1.62. The van der Waals surface area contributed by atoms with Gasteiger partial charge >= 0.3 is 0 Å². The molecule has 0 heterocycles. The van der Waals surface area contributed by atoms with E-state index in [1.165, 1.54) is 12.1 Å². The zero-order chi connectivity index (χ0) is 13.9. The Morgan fingerprint density at radius 2 is 2.06 bits per heavy atom. The Kier molecular flexibility index (Phi) is 4.29. The minimum Gasteiger partial charge on any atom is -0.369 e. The number of nitrogens with one attached hydrogen (secondary N) is 1. The Morgan fingerprint density at radius 3 is 2.56 bits per heavy atom. The van der Waals surface area contributed by atoms with Crippen LogP contribution in [0.3, 0.4) is 0 Å². The molecule has 6 heteroatoms. The highest BCUT2D eigenvalue weighted by atomic mass is 35.5. The van der Waals surface area contributed by atoms with Crippen molar-refractivity contribution in [3.8, 4) is 0 Å². The number of carbonyl (C=O) groups is 2. The first-order valence-corrected chi connectivity index (χ1v) is 5.65. The van der Waals surface area contributed by atoms with Gasteiger partial charge in [0.1, 0.15) is 5.82 Å². The van der Waals surface area contributed by atoms with E-state index in [0.717, 1.165) is 6.07 Å². The zero-order valence-electron chi connectivity index (χ0n) is 10.1. The van der Waals surface area contributed by atoms with Gasteiger partial charge in [-0.2, -0.15) is 0 Å². The topological polar surface area (TPSA) is 72.2 Å². The number of primary amides is 1. The van der Waals surface area contributed by atoms with Gasteiger partial charge in [0.15, 0.2) is 0 Å². The number of nitrogens with two attached hydrogens (primary N) is 1. The fraction of sp³-hybridized carbons (Fsp3) is 0.333. The zero-order valence-corrected chi connectivity index (χ0v) is 10.8. The summed E-state index contributed by atoms with van der Waals surface area (Å²) in [5.41, 5.74) is 4.15. The van der Waals surface area contributed by atoms with Crippen LogP contribution < -0.4 is 11.1 Å². The van der Waals surface area contributed by atoms with Crippen LogP contribution in [-0.2, 0) is 4.79 Å². The lowest BCUT2D eigenvalue weighted by Crippen LogP contribution is -2.42. The van der Waals surface area contributed by atoms with Crippen molar-refractivity contribution in [1.29, 1.82) is 0 Å². The number of hydrogen-bond acceptors (Lipinski definition) is 2. The first kappa shape index (κ1) is 14.4. The molecule has 18 heavy (non-hydrogen) atoms. The van der Waals surface area contributed by atoms with Gasteiger partial charge in [0.05, 0.1) is 11.0 Å². The predicted octanol–water partition coefficient (Wildman–Crippen LogP) is 1.72. The summed E-state index contributed by atoms with van der Waals surface area (Å²) in [4.78, 5) is 22.8. The van der Waals surface area contributed by atoms with E-state index in [2.05, 4.69) is 5.32 Å². The first-order chi connectivity index (χ1) is 8.24. The van der Waals surface area contributed by atoms with Crippen LogP contribution in [0, 0.1) is 11.2 Å². The molecule has 1 aromatic carbocycles. The maximum absolute atomic E-state index is 13.4. The van der Waals surface area contributed by atoms with Crippen LogP contribution in [0.25, 0.3) is 0 Å². The molecule has 0 saturated carbocycles. The molecular formula is C12H14ClFN2O2. The van der Waals surface area contributed by atoms with Crippen molar-refractivity contribution in [2.24, 2.45) is 11.1 Å². The average Bonchev–Trinajstić information content (AvgIpc) is 2.25. The van der Waals surface area contributed by atoms with Gasteiger partial charge in [-0.1, -0.05) is 11.6 Å². The van der Waals surface area contributed by atoms with Crippen LogP contribution in [0.1, 0.15) is 24.2 Å². The van der Waals surface area contributed by atoms with Crippen molar-refractivity contribution in [1.82, 2.24) is 5.32 Å². The molecule has 0 spiro atoms. The molecule has 1 aromatic rings. The van der Waals surface area contributed by atoms with E-state index in [-0.39, 0.29) is 17.1 Å². The molecule has 4 nitrogen and oxygen atoms in total. The van der Waals surface area contributed by atoms with E-state index in [9.17, 15) is 14.0 Å². The van der Waals surface area contributed by atoms with Gasteiger partial charge in [-0.3, -0.25) is 9.59 Å². The number of carbonyl (C=O) groups excluding carboxylic acids is 2. The molecule has 0 fully saturated rings. The van der Waals surface area contributed by atoms with Gasteiger partial charge in [-0.15, -0.1) is 0 Å². The summed E-state index contributed by atoms with van der Waals surface area (Å²) < 4.78 is 13.4. The fourth-order valence-electron chi connectivity index (χ4n) is 1.16. The molecule has 0 aromatic heterocycles. The highest BCUT2D eigenvalue weighted by Crippen LogP contribution is 2.16. The fourth-order valence-corrected chi connectivity index (χ4v) is 1.32. The van der Waals surface area contributed by atoms with Gasteiger partial charge in [0.2, 0.25) is 5.91 Å². The maximum atomic E-state index is 13.4. The largest absolute Gasteiger partial charge is 0.369 e. The maximum Gasteiger partial charge on any atom is 0.254 e. The van der Waals surface area contributed by atoms with Crippen molar-refractivity contribution in [3.05, 3.63) is 34.6 Å². The summed E-state index contributed by atoms with van der Waals surface area (Å²) in [6, 6.07) is 3.75. The average molecular weight is 273 g/mol. The van der Waals surface area contributed by atoms with Crippen molar-refractivity contribution in [2.75, 3.05) is 6.54 Å². The second kappa shape index (κ2) is 5.35. The lowest BCUT2D eigenvalue weighted by molar-refractivity contribution is -0.125. The third-order valence-electron chi connectivity index (χ3n) is 2.53. The Balaban J connectivity index is 2.75. The molecule has 0 unspecified atom stereocenters. The van der Waals surface area contributed by atoms with Crippen molar-refractivity contribution in [3.63, 3.8) is 0 Å². The number of amides is 2. The molecule has 0 radical (unpaired) electrons. The van der Waals surface area contributed by atoms with Crippen LogP contribution in [-0.4, -0.2) is 18.4 Å². The van der Waals surface area contributed by atoms with Gasteiger partial charge < -0.3 is 11.1 Å². The standard InChI is InChI=1S/C12H14ClFN2O2/c1-12(2,11(15)18)6-16-10(17)8-4-3-7(13)5-9(8)14/h3-5H,6H2,1-2H3,(H2,15,18)(H,16,17). The first-order valence-electron chi connectivity index (χ1n) is 5.27. The van der Waals surface area contributed by atoms with Crippen LogP contribution in [0.15, 0.2) is 18.2 Å². The summed E-state index contributed by atoms with van der Waals surface area (Å²) in [5.74, 6) is -1.87. The highest BCUT2D eigenvalue weighted by Gasteiger charge is 2.26. The summed E-state index contributed by atoms with van der Waals surface area (Å²) in [6.45, 7) is 3.21. The number of rotatable bonds is 4. The lowest BCUT2D eigenvalue weighted by Gasteiger charge is -2.20. The van der Waals surface area contributed by atoms with Crippen molar-refractivity contribution < 1.29 is 14.0 Å². The van der Waals surface area contributed by atoms with E-state index in [1.807, 2.05) is 0 Å². The molecule has 1 rings (SSSR count). The Bertz CT molecular complexity index is 489. The van der Waals surface area contributed by atoms with Crippen molar-refractivity contribution in [2.45, 2.75) is 13.8 Å². The predicted molar refractivity (Wildman–Crippen MR) is 66.7 cm³/mol. The molecule has 2 amide bonds. The molecular weight excluding hydrogens is 259 g/mol. The minimum absolute atomic E-state index is 0.0310. The quantitative estimate of drug-likeness (QED) is 0.876. The molecule has 0 aliphatic rings. The normalized spacial score (nSPS) is 11.1. The van der Waals surface area contributed by atoms with Gasteiger partial charge in [0, 0.05) is 11.6 Å². The Labute approximate surface area is 109 Å². The SMILES string of the molecule is CC(C)(CNC(=O)c1ccc(Cl)cc1F)C(N)=O. The molecule has 0 saturated heterocycles. The van der Waals surface area contributed by atoms with E-state index in [1.54, 1.807) is 13.8 Å². The highest BCUT2D eigenvalue weighted by molar-refractivity contribution is 6.30. The van der Waals surface area contributed by atoms with E-state index >= 15 is 0 Å². The lowest BCUT2D eigenvalue weighted by atomic mass is 9.92. The van der Waals surface area contributed by atoms with E-state index < -0.39 is 23.0 Å². The minimum atomic E-state index is -0.890. The number of hydrogen-bond donors (Lipinski definition) is 2. The Morgan fingerprint density at radius 1 is 1.44 bits per heavy atom. The van der Waals surface area contributed by atoms with Crippen LogP contribution >= 0.6 is 11.6 Å². The molecule has 0 bridgehead atoms. The number of halogens is 2. The molecule has 3 N–H and O–H groups in total. The molecule has 0 aliphatic heterocycles. The summed E-state index contributed by atoms with van der Waals surface area (Å²) in [7, 11) is 0. The third kappa shape index (κ3) is 3.43. The summed E-state index contributed by atoms with van der Waals surface area (Å²) in [5, 5.41) is 2.67. The third-order valence-corrected chi connectivity index (χ3v) is 2.77. The monoisotopic (exact) mass is 272 g/mol. The molecule has 0 atom stereocenters. The van der Waals surface area contributed by atoms with Gasteiger partial charge in [-0.05, 0) is 32.0 Å². The van der Waals surface area contributed by atoms with Gasteiger partial charge in [0.25, 0.3) is 5.91 Å². The van der Waals surface area contributed by atoms with E-state index in [4.69, 9.17) is 17.3 Å². The smallest absolute Gasteiger partial charge is 0.254 e. The molecule has 0 aliphatic carbocycles. The van der Waals surface area contributed by atoms with E-state index in [0.29, 0.717) is 0 Å². The van der Waals surface area contributed by atoms with Crippen LogP contribution in [0.5, 0.6) is 0 Å². The second-order valence-electron chi connectivity index (χ2n) is 4.55. The van der Waals surface area contributed by atoms with Crippen molar-refractivity contribution >= 4 is 23.4 Å². The van der Waals surface area contributed by atoms with Crippen LogP contribution in [0.4, 0.5) is 4.39 Å².